The summed E-state index contributed by atoms with van der Waals surface area (Å²) in [7, 11) is 0. The van der Waals surface area contributed by atoms with E-state index >= 15 is 0 Å². The molecular weight excluding hydrogens is 407 g/mol. The predicted octanol–water partition coefficient (Wildman–Crippen LogP) is 3.55. The van der Waals surface area contributed by atoms with Gasteiger partial charge in [-0.05, 0) is 54.8 Å². The average Bonchev–Trinajstić information content (AvgIpc) is 2.84. The van der Waals surface area contributed by atoms with Gasteiger partial charge in [0.15, 0.2) is 0 Å². The Morgan fingerprint density at radius 2 is 1.81 bits per heavy atom. The SMILES string of the molecule is O=C(NC1CCN(c2ccccc2C(=O)NCc2cccnc2)CC1)c1cccc(F)c1. The van der Waals surface area contributed by atoms with E-state index in [9.17, 15) is 14.0 Å². The van der Waals surface area contributed by atoms with Crippen molar-refractivity contribution in [1.29, 1.82) is 0 Å². The Labute approximate surface area is 186 Å². The Morgan fingerprint density at radius 1 is 1.00 bits per heavy atom. The Morgan fingerprint density at radius 3 is 2.56 bits per heavy atom. The molecule has 1 aromatic heterocycles. The first-order valence-corrected chi connectivity index (χ1v) is 10.7. The van der Waals surface area contributed by atoms with Crippen LogP contribution in [0.1, 0.15) is 39.1 Å². The van der Waals surface area contributed by atoms with E-state index in [0.29, 0.717) is 30.8 Å². The van der Waals surface area contributed by atoms with Crippen LogP contribution in [0.2, 0.25) is 0 Å². The van der Waals surface area contributed by atoms with Gasteiger partial charge in [-0.15, -0.1) is 0 Å². The zero-order valence-electron chi connectivity index (χ0n) is 17.6. The zero-order chi connectivity index (χ0) is 22.3. The number of piperidine rings is 1. The van der Waals surface area contributed by atoms with Crippen molar-refractivity contribution in [3.8, 4) is 0 Å². The standard InChI is InChI=1S/C25H25FN4O2/c26-20-7-3-6-19(15-20)24(31)29-21-10-13-30(14-11-21)23-9-2-1-8-22(23)25(32)28-17-18-5-4-12-27-16-18/h1-9,12,15-16,21H,10-11,13-14,17H2,(H,28,32)(H,29,31). The minimum atomic E-state index is -0.425. The van der Waals surface area contributed by atoms with Gasteiger partial charge in [0.05, 0.1) is 5.56 Å². The van der Waals surface area contributed by atoms with Gasteiger partial charge >= 0.3 is 0 Å². The lowest BCUT2D eigenvalue weighted by Crippen LogP contribution is -2.45. The van der Waals surface area contributed by atoms with E-state index in [1.54, 1.807) is 18.5 Å². The molecule has 2 heterocycles. The smallest absolute Gasteiger partial charge is 0.253 e. The zero-order valence-corrected chi connectivity index (χ0v) is 17.6. The molecule has 6 nitrogen and oxygen atoms in total. The fraction of sp³-hybridized carbons (Fsp3) is 0.240. The van der Waals surface area contributed by atoms with Crippen molar-refractivity contribution in [1.82, 2.24) is 15.6 Å². The summed E-state index contributed by atoms with van der Waals surface area (Å²) in [5.41, 5.74) is 2.76. The van der Waals surface area contributed by atoms with Crippen LogP contribution in [0.15, 0.2) is 73.1 Å². The second kappa shape index (κ2) is 10.0. The maximum atomic E-state index is 13.4. The lowest BCUT2D eigenvalue weighted by molar-refractivity contribution is 0.0929. The van der Waals surface area contributed by atoms with E-state index in [4.69, 9.17) is 0 Å². The topological polar surface area (TPSA) is 74.3 Å². The first-order chi connectivity index (χ1) is 15.6. The molecule has 7 heteroatoms. The number of nitrogens with zero attached hydrogens (tertiary/aromatic N) is 2. The van der Waals surface area contributed by atoms with Crippen LogP contribution in [-0.2, 0) is 6.54 Å². The first kappa shape index (κ1) is 21.5. The van der Waals surface area contributed by atoms with Gasteiger partial charge < -0.3 is 15.5 Å². The van der Waals surface area contributed by atoms with E-state index in [0.717, 1.165) is 24.1 Å². The molecule has 0 spiro atoms. The van der Waals surface area contributed by atoms with Crippen molar-refractivity contribution in [2.45, 2.75) is 25.4 Å². The van der Waals surface area contributed by atoms with Crippen molar-refractivity contribution in [3.05, 3.63) is 95.6 Å². The third kappa shape index (κ3) is 5.29. The van der Waals surface area contributed by atoms with Crippen LogP contribution in [0.4, 0.5) is 10.1 Å². The van der Waals surface area contributed by atoms with Crippen molar-refractivity contribution < 1.29 is 14.0 Å². The van der Waals surface area contributed by atoms with Gasteiger partial charge in [0.25, 0.3) is 11.8 Å². The fourth-order valence-electron chi connectivity index (χ4n) is 3.88. The van der Waals surface area contributed by atoms with Gasteiger partial charge in [-0.25, -0.2) is 4.39 Å². The molecule has 2 N–H and O–H groups in total. The third-order valence-electron chi connectivity index (χ3n) is 5.58. The van der Waals surface area contributed by atoms with Crippen molar-refractivity contribution in [2.24, 2.45) is 0 Å². The van der Waals surface area contributed by atoms with E-state index in [-0.39, 0.29) is 17.9 Å². The van der Waals surface area contributed by atoms with Crippen LogP contribution in [-0.4, -0.2) is 35.9 Å². The molecule has 1 fully saturated rings. The van der Waals surface area contributed by atoms with Crippen LogP contribution in [0.3, 0.4) is 0 Å². The van der Waals surface area contributed by atoms with Crippen molar-refractivity contribution in [2.75, 3.05) is 18.0 Å². The Bertz CT molecular complexity index is 1080. The minimum absolute atomic E-state index is 0.00795. The fourth-order valence-corrected chi connectivity index (χ4v) is 3.88. The summed E-state index contributed by atoms with van der Waals surface area (Å²) in [5.74, 6) is -0.824. The highest BCUT2D eigenvalue weighted by atomic mass is 19.1. The van der Waals surface area contributed by atoms with Gasteiger partial charge in [0, 0.05) is 49.3 Å². The lowest BCUT2D eigenvalue weighted by Gasteiger charge is -2.35. The average molecular weight is 432 g/mol. The highest BCUT2D eigenvalue weighted by molar-refractivity contribution is 5.99. The number of hydrogen-bond donors (Lipinski definition) is 2. The highest BCUT2D eigenvalue weighted by Gasteiger charge is 2.24. The summed E-state index contributed by atoms with van der Waals surface area (Å²) in [6, 6.07) is 17.0. The van der Waals surface area contributed by atoms with E-state index in [2.05, 4.69) is 20.5 Å². The van der Waals surface area contributed by atoms with Crippen LogP contribution in [0, 0.1) is 5.82 Å². The van der Waals surface area contributed by atoms with Gasteiger partial charge in [-0.2, -0.15) is 0 Å². The highest BCUT2D eigenvalue weighted by Crippen LogP contribution is 2.24. The number of halogens is 1. The normalized spacial score (nSPS) is 14.1. The minimum Gasteiger partial charge on any atom is -0.371 e. The molecule has 3 aromatic rings. The summed E-state index contributed by atoms with van der Waals surface area (Å²) >= 11 is 0. The summed E-state index contributed by atoms with van der Waals surface area (Å²) in [4.78, 5) is 31.5. The molecule has 0 aliphatic carbocycles. The van der Waals surface area contributed by atoms with Gasteiger partial charge in [-0.3, -0.25) is 14.6 Å². The van der Waals surface area contributed by atoms with Crippen molar-refractivity contribution in [3.63, 3.8) is 0 Å². The van der Waals surface area contributed by atoms with E-state index in [1.165, 1.54) is 18.2 Å². The number of hydrogen-bond acceptors (Lipinski definition) is 4. The summed E-state index contributed by atoms with van der Waals surface area (Å²) < 4.78 is 13.4. The molecule has 1 saturated heterocycles. The van der Waals surface area contributed by atoms with Crippen LogP contribution >= 0.6 is 0 Å². The number of aromatic nitrogens is 1. The molecule has 0 atom stereocenters. The van der Waals surface area contributed by atoms with Gasteiger partial charge in [-0.1, -0.05) is 24.3 Å². The largest absolute Gasteiger partial charge is 0.371 e. The number of benzene rings is 2. The quantitative estimate of drug-likeness (QED) is 0.625. The monoisotopic (exact) mass is 432 g/mol. The van der Waals surface area contributed by atoms with Crippen LogP contribution in [0.25, 0.3) is 0 Å². The molecule has 0 saturated carbocycles. The number of para-hydroxylation sites is 1. The number of nitrogens with one attached hydrogen (secondary N) is 2. The third-order valence-corrected chi connectivity index (χ3v) is 5.58. The Kier molecular flexibility index (Phi) is 6.75. The maximum Gasteiger partial charge on any atom is 0.253 e. The second-order valence-electron chi connectivity index (χ2n) is 7.81. The van der Waals surface area contributed by atoms with E-state index in [1.807, 2.05) is 36.4 Å². The molecule has 32 heavy (non-hydrogen) atoms. The molecule has 2 amide bonds. The predicted molar refractivity (Wildman–Crippen MR) is 121 cm³/mol. The van der Waals surface area contributed by atoms with Gasteiger partial charge in [0.2, 0.25) is 0 Å². The molecule has 0 bridgehead atoms. The Hall–Kier alpha value is -3.74. The second-order valence-corrected chi connectivity index (χ2v) is 7.81. The number of carbonyl (C=O) groups is 2. The van der Waals surface area contributed by atoms with E-state index < -0.39 is 5.82 Å². The summed E-state index contributed by atoms with van der Waals surface area (Å²) in [6.07, 6.45) is 4.92. The number of pyridine rings is 1. The first-order valence-electron chi connectivity index (χ1n) is 10.7. The van der Waals surface area contributed by atoms with Gasteiger partial charge in [0.1, 0.15) is 5.82 Å². The number of amides is 2. The molecule has 1 aliphatic heterocycles. The molecule has 1 aliphatic rings. The number of carbonyl (C=O) groups excluding carboxylic acids is 2. The summed E-state index contributed by atoms with van der Waals surface area (Å²) in [5, 5.41) is 5.95. The summed E-state index contributed by atoms with van der Waals surface area (Å²) in [6.45, 7) is 1.83. The lowest BCUT2D eigenvalue weighted by atomic mass is 10.0. The van der Waals surface area contributed by atoms with Crippen LogP contribution < -0.4 is 15.5 Å². The Balaban J connectivity index is 1.35. The van der Waals surface area contributed by atoms with Crippen molar-refractivity contribution >= 4 is 17.5 Å². The molecule has 164 valence electrons. The number of anilines is 1. The number of rotatable bonds is 6. The molecule has 4 rings (SSSR count). The molecule has 2 aromatic carbocycles. The molecule has 0 radical (unpaired) electrons. The molecule has 0 unspecified atom stereocenters. The maximum absolute atomic E-state index is 13.4. The molecular formula is C25H25FN4O2. The van der Waals surface area contributed by atoms with Crippen LogP contribution in [0.5, 0.6) is 0 Å².